The first-order chi connectivity index (χ1) is 9.92. The highest BCUT2D eigenvalue weighted by atomic mass is 32.2. The molecule has 0 saturated carbocycles. The van der Waals surface area contributed by atoms with Gasteiger partial charge >= 0.3 is 0 Å². The van der Waals surface area contributed by atoms with Crippen LogP contribution in [0.4, 0.5) is 4.39 Å². The van der Waals surface area contributed by atoms with Crippen molar-refractivity contribution in [1.29, 1.82) is 0 Å². The molecule has 112 valence electrons. The fraction of sp³-hybridized carbons (Fsp3) is 0.200. The van der Waals surface area contributed by atoms with E-state index in [1.54, 1.807) is 19.1 Å². The summed E-state index contributed by atoms with van der Waals surface area (Å²) in [5, 5.41) is 0. The Balaban J connectivity index is 2.11. The van der Waals surface area contributed by atoms with Gasteiger partial charge in [0.05, 0.1) is 4.90 Å². The van der Waals surface area contributed by atoms with Gasteiger partial charge < -0.3 is 5.73 Å². The molecule has 6 heteroatoms. The number of benzene rings is 2. The quantitative estimate of drug-likeness (QED) is 0.888. The number of hydrogen-bond acceptors (Lipinski definition) is 3. The van der Waals surface area contributed by atoms with Crippen LogP contribution in [0.3, 0.4) is 0 Å². The van der Waals surface area contributed by atoms with Crippen LogP contribution in [-0.2, 0) is 23.1 Å². The topological polar surface area (TPSA) is 72.2 Å². The molecule has 0 amide bonds. The lowest BCUT2D eigenvalue weighted by atomic mass is 10.1. The molecular formula is C15H17FN2O2S. The number of hydrogen-bond donors (Lipinski definition) is 2. The molecule has 0 radical (unpaired) electrons. The van der Waals surface area contributed by atoms with Crippen LogP contribution in [0.5, 0.6) is 0 Å². The third-order valence-electron chi connectivity index (χ3n) is 3.18. The highest BCUT2D eigenvalue weighted by molar-refractivity contribution is 7.89. The smallest absolute Gasteiger partial charge is 0.240 e. The van der Waals surface area contributed by atoms with Crippen LogP contribution in [0.1, 0.15) is 16.7 Å². The number of aryl methyl sites for hydroxylation is 1. The van der Waals surface area contributed by atoms with Gasteiger partial charge in [0.1, 0.15) is 5.82 Å². The minimum Gasteiger partial charge on any atom is -0.326 e. The van der Waals surface area contributed by atoms with Crippen LogP contribution >= 0.6 is 0 Å². The molecule has 21 heavy (non-hydrogen) atoms. The number of sulfonamides is 1. The van der Waals surface area contributed by atoms with E-state index in [0.29, 0.717) is 12.1 Å². The van der Waals surface area contributed by atoms with E-state index in [0.717, 1.165) is 17.2 Å². The van der Waals surface area contributed by atoms with Gasteiger partial charge in [-0.15, -0.1) is 0 Å². The lowest BCUT2D eigenvalue weighted by Crippen LogP contribution is -2.23. The van der Waals surface area contributed by atoms with Crippen molar-refractivity contribution < 1.29 is 12.8 Å². The second-order valence-corrected chi connectivity index (χ2v) is 6.52. The maximum atomic E-state index is 13.5. The Bertz CT molecular complexity index is 728. The van der Waals surface area contributed by atoms with Crippen molar-refractivity contribution in [2.45, 2.75) is 24.9 Å². The van der Waals surface area contributed by atoms with Crippen LogP contribution < -0.4 is 10.5 Å². The highest BCUT2D eigenvalue weighted by Crippen LogP contribution is 2.14. The lowest BCUT2D eigenvalue weighted by molar-refractivity contribution is 0.576. The third-order valence-corrected chi connectivity index (χ3v) is 4.58. The first kappa shape index (κ1) is 15.6. The molecule has 4 nitrogen and oxygen atoms in total. The molecule has 0 fully saturated rings. The molecule has 3 N–H and O–H groups in total. The maximum absolute atomic E-state index is 13.5. The molecule has 0 aliphatic heterocycles. The van der Waals surface area contributed by atoms with Gasteiger partial charge in [-0.3, -0.25) is 0 Å². The van der Waals surface area contributed by atoms with Crippen LogP contribution in [0.2, 0.25) is 0 Å². The van der Waals surface area contributed by atoms with Crippen LogP contribution in [0, 0.1) is 12.7 Å². The van der Waals surface area contributed by atoms with Crippen molar-refractivity contribution in [3.63, 3.8) is 0 Å². The van der Waals surface area contributed by atoms with Gasteiger partial charge in [-0.2, -0.15) is 0 Å². The van der Waals surface area contributed by atoms with Crippen molar-refractivity contribution in [2.24, 2.45) is 5.73 Å². The molecular weight excluding hydrogens is 291 g/mol. The minimum absolute atomic E-state index is 0.0795. The Kier molecular flexibility index (Phi) is 4.72. The molecule has 2 rings (SSSR count). The molecule has 0 aliphatic carbocycles. The summed E-state index contributed by atoms with van der Waals surface area (Å²) >= 11 is 0. The number of halogens is 1. The summed E-state index contributed by atoms with van der Waals surface area (Å²) in [6, 6.07) is 11.2. The average Bonchev–Trinajstić information content (AvgIpc) is 2.48. The van der Waals surface area contributed by atoms with Crippen molar-refractivity contribution in [1.82, 2.24) is 4.72 Å². The first-order valence-electron chi connectivity index (χ1n) is 6.46. The standard InChI is InChI=1S/C15H17FN2O2S/c1-11-2-7-14(8-15(11)16)21(19,20)18-10-13-5-3-12(9-17)4-6-13/h2-8,18H,9-10,17H2,1H3. The third kappa shape index (κ3) is 3.87. The van der Waals surface area contributed by atoms with E-state index in [1.807, 2.05) is 12.1 Å². The molecule has 0 aromatic heterocycles. The van der Waals surface area contributed by atoms with Crippen molar-refractivity contribution >= 4 is 10.0 Å². The van der Waals surface area contributed by atoms with E-state index >= 15 is 0 Å². The summed E-state index contributed by atoms with van der Waals surface area (Å²) in [7, 11) is -3.73. The highest BCUT2D eigenvalue weighted by Gasteiger charge is 2.15. The van der Waals surface area contributed by atoms with Crippen molar-refractivity contribution in [2.75, 3.05) is 0 Å². The second-order valence-electron chi connectivity index (χ2n) is 4.76. The van der Waals surface area contributed by atoms with E-state index < -0.39 is 15.8 Å². The Labute approximate surface area is 123 Å². The van der Waals surface area contributed by atoms with Gasteiger partial charge in [0.25, 0.3) is 0 Å². The zero-order valence-corrected chi connectivity index (χ0v) is 12.5. The van der Waals surface area contributed by atoms with Crippen LogP contribution in [-0.4, -0.2) is 8.42 Å². The van der Waals surface area contributed by atoms with Gasteiger partial charge in [-0.25, -0.2) is 17.5 Å². The zero-order chi connectivity index (χ0) is 15.5. The molecule has 2 aromatic rings. The fourth-order valence-corrected chi connectivity index (χ4v) is 2.82. The normalized spacial score (nSPS) is 11.6. The summed E-state index contributed by atoms with van der Waals surface area (Å²) in [5.74, 6) is -0.537. The molecule has 0 saturated heterocycles. The predicted molar refractivity (Wildman–Crippen MR) is 79.5 cm³/mol. The van der Waals surface area contributed by atoms with Gasteiger partial charge in [0.2, 0.25) is 10.0 Å². The largest absolute Gasteiger partial charge is 0.326 e. The average molecular weight is 308 g/mol. The maximum Gasteiger partial charge on any atom is 0.240 e. The Hall–Kier alpha value is -1.76. The molecule has 0 unspecified atom stereocenters. The fourth-order valence-electron chi connectivity index (χ4n) is 1.80. The summed E-state index contributed by atoms with van der Waals surface area (Å²) in [5.41, 5.74) is 7.69. The Morgan fingerprint density at radius 2 is 1.71 bits per heavy atom. The van der Waals surface area contributed by atoms with E-state index in [4.69, 9.17) is 5.73 Å². The molecule has 0 bridgehead atoms. The van der Waals surface area contributed by atoms with E-state index in [-0.39, 0.29) is 11.4 Å². The van der Waals surface area contributed by atoms with Crippen LogP contribution in [0.25, 0.3) is 0 Å². The zero-order valence-electron chi connectivity index (χ0n) is 11.6. The Morgan fingerprint density at radius 1 is 1.10 bits per heavy atom. The number of rotatable bonds is 5. The van der Waals surface area contributed by atoms with Gasteiger partial charge in [0.15, 0.2) is 0 Å². The summed E-state index contributed by atoms with van der Waals surface area (Å²) in [4.78, 5) is -0.0795. The van der Waals surface area contributed by atoms with Crippen molar-refractivity contribution in [3.05, 3.63) is 65.0 Å². The van der Waals surface area contributed by atoms with Gasteiger partial charge in [-0.05, 0) is 35.7 Å². The summed E-state index contributed by atoms with van der Waals surface area (Å²) < 4.78 is 40.1. The Morgan fingerprint density at radius 3 is 2.29 bits per heavy atom. The van der Waals surface area contributed by atoms with Gasteiger partial charge in [-0.1, -0.05) is 30.3 Å². The van der Waals surface area contributed by atoms with Crippen molar-refractivity contribution in [3.8, 4) is 0 Å². The van der Waals surface area contributed by atoms with E-state index in [9.17, 15) is 12.8 Å². The molecule has 0 atom stereocenters. The predicted octanol–water partition coefficient (Wildman–Crippen LogP) is 2.07. The summed E-state index contributed by atoms with van der Waals surface area (Å²) in [6.45, 7) is 2.16. The molecule has 0 heterocycles. The first-order valence-corrected chi connectivity index (χ1v) is 7.94. The number of nitrogens with two attached hydrogens (primary N) is 1. The molecule has 2 aromatic carbocycles. The SMILES string of the molecule is Cc1ccc(S(=O)(=O)NCc2ccc(CN)cc2)cc1F. The summed E-state index contributed by atoms with van der Waals surface area (Å²) in [6.07, 6.45) is 0. The lowest BCUT2D eigenvalue weighted by Gasteiger charge is -2.08. The number of nitrogens with one attached hydrogen (secondary N) is 1. The van der Waals surface area contributed by atoms with Gasteiger partial charge in [0, 0.05) is 13.1 Å². The van der Waals surface area contributed by atoms with Crippen LogP contribution in [0.15, 0.2) is 47.4 Å². The minimum atomic E-state index is -3.73. The second kappa shape index (κ2) is 6.34. The monoisotopic (exact) mass is 308 g/mol. The van der Waals surface area contributed by atoms with E-state index in [2.05, 4.69) is 4.72 Å². The van der Waals surface area contributed by atoms with E-state index in [1.165, 1.54) is 12.1 Å². The molecule has 0 spiro atoms. The molecule has 0 aliphatic rings.